The first-order chi connectivity index (χ1) is 13.4. The number of benzene rings is 2. The van der Waals surface area contributed by atoms with Gasteiger partial charge in [0.15, 0.2) is 23.0 Å². The number of methoxy groups -OCH3 is 2. The highest BCUT2D eigenvalue weighted by Gasteiger charge is 2.17. The van der Waals surface area contributed by atoms with E-state index >= 15 is 0 Å². The minimum absolute atomic E-state index is 0.0352. The van der Waals surface area contributed by atoms with Crippen LogP contribution >= 0.6 is 0 Å². The van der Waals surface area contributed by atoms with Gasteiger partial charge in [0.2, 0.25) is 0 Å². The maximum Gasteiger partial charge on any atom is 0.277 e. The predicted octanol–water partition coefficient (Wildman–Crippen LogP) is 3.83. The van der Waals surface area contributed by atoms with Crippen LogP contribution in [0.4, 0.5) is 11.4 Å². The summed E-state index contributed by atoms with van der Waals surface area (Å²) in [6.07, 6.45) is 0. The zero-order valence-corrected chi connectivity index (χ0v) is 15.4. The summed E-state index contributed by atoms with van der Waals surface area (Å²) in [6, 6.07) is 11.1. The number of aromatic nitrogens is 1. The average Bonchev–Trinajstić information content (AvgIpc) is 3.19. The molecule has 0 atom stereocenters. The molecule has 9 nitrogen and oxygen atoms in total. The van der Waals surface area contributed by atoms with Crippen LogP contribution in [0.1, 0.15) is 16.1 Å². The van der Waals surface area contributed by atoms with Crippen molar-refractivity contribution in [3.05, 3.63) is 63.8 Å². The second kappa shape index (κ2) is 7.78. The Kier molecular flexibility index (Phi) is 5.25. The fraction of sp³-hybridized carbons (Fsp3) is 0.158. The third-order valence-corrected chi connectivity index (χ3v) is 4.07. The number of nitro groups is 1. The van der Waals surface area contributed by atoms with Crippen LogP contribution in [0.25, 0.3) is 11.3 Å². The number of hydrogen-bond donors (Lipinski definition) is 1. The van der Waals surface area contributed by atoms with Gasteiger partial charge in [0, 0.05) is 28.9 Å². The first-order valence-corrected chi connectivity index (χ1v) is 8.18. The van der Waals surface area contributed by atoms with Crippen LogP contribution in [0.3, 0.4) is 0 Å². The molecule has 9 heteroatoms. The highest BCUT2D eigenvalue weighted by atomic mass is 16.6. The molecular weight excluding hydrogens is 366 g/mol. The average molecular weight is 383 g/mol. The summed E-state index contributed by atoms with van der Waals surface area (Å²) in [7, 11) is 3.05. The molecule has 1 aromatic heterocycles. The third kappa shape index (κ3) is 3.78. The van der Waals surface area contributed by atoms with E-state index in [-0.39, 0.29) is 17.1 Å². The van der Waals surface area contributed by atoms with E-state index in [4.69, 9.17) is 14.0 Å². The molecule has 0 aliphatic rings. The standard InChI is InChI=1S/C19H17N3O6/c1-11-4-6-13(9-15(11)22(24)25)20-19(23)14-10-17(28-21-14)12-5-7-16(26-2)18(8-12)27-3/h4-10H,1-3H3,(H,20,23). The van der Waals surface area contributed by atoms with Gasteiger partial charge in [-0.1, -0.05) is 11.2 Å². The Morgan fingerprint density at radius 1 is 1.11 bits per heavy atom. The molecule has 0 unspecified atom stereocenters. The summed E-state index contributed by atoms with van der Waals surface area (Å²) >= 11 is 0. The molecule has 0 radical (unpaired) electrons. The molecule has 0 bridgehead atoms. The van der Waals surface area contributed by atoms with Crippen molar-refractivity contribution in [3.63, 3.8) is 0 Å². The van der Waals surface area contributed by atoms with Gasteiger partial charge in [0.25, 0.3) is 11.6 Å². The number of aryl methyl sites for hydroxylation is 1. The molecule has 0 aliphatic carbocycles. The van der Waals surface area contributed by atoms with Crippen molar-refractivity contribution in [1.29, 1.82) is 0 Å². The van der Waals surface area contributed by atoms with Crippen molar-refractivity contribution in [1.82, 2.24) is 5.16 Å². The van der Waals surface area contributed by atoms with Crippen LogP contribution in [-0.2, 0) is 0 Å². The predicted molar refractivity (Wildman–Crippen MR) is 101 cm³/mol. The van der Waals surface area contributed by atoms with Crippen LogP contribution in [0.5, 0.6) is 11.5 Å². The monoisotopic (exact) mass is 383 g/mol. The van der Waals surface area contributed by atoms with Gasteiger partial charge < -0.3 is 19.3 Å². The first-order valence-electron chi connectivity index (χ1n) is 8.18. The number of amides is 1. The second-order valence-corrected chi connectivity index (χ2v) is 5.86. The lowest BCUT2D eigenvalue weighted by atomic mass is 10.1. The molecular formula is C19H17N3O6. The van der Waals surface area contributed by atoms with Crippen molar-refractivity contribution in [2.45, 2.75) is 6.92 Å². The van der Waals surface area contributed by atoms with Crippen molar-refractivity contribution in [2.75, 3.05) is 19.5 Å². The molecule has 0 saturated carbocycles. The topological polar surface area (TPSA) is 117 Å². The van der Waals surface area contributed by atoms with Gasteiger partial charge in [-0.05, 0) is 31.2 Å². The zero-order valence-electron chi connectivity index (χ0n) is 15.4. The lowest BCUT2D eigenvalue weighted by Crippen LogP contribution is -2.12. The summed E-state index contributed by atoms with van der Waals surface area (Å²) in [6.45, 7) is 1.62. The SMILES string of the molecule is COc1ccc(-c2cc(C(=O)Nc3ccc(C)c([N+](=O)[O-])c3)no2)cc1OC. The molecule has 0 fully saturated rings. The maximum atomic E-state index is 12.4. The molecule has 28 heavy (non-hydrogen) atoms. The van der Waals surface area contributed by atoms with Crippen molar-refractivity contribution in [2.24, 2.45) is 0 Å². The Bertz CT molecular complexity index is 1040. The van der Waals surface area contributed by atoms with Crippen LogP contribution < -0.4 is 14.8 Å². The molecule has 0 spiro atoms. The van der Waals surface area contributed by atoms with E-state index in [0.717, 1.165) is 0 Å². The zero-order chi connectivity index (χ0) is 20.3. The molecule has 3 aromatic rings. The minimum atomic E-state index is -0.548. The lowest BCUT2D eigenvalue weighted by Gasteiger charge is -2.07. The van der Waals surface area contributed by atoms with Gasteiger partial charge in [-0.25, -0.2) is 0 Å². The molecule has 0 aliphatic heterocycles. The van der Waals surface area contributed by atoms with Gasteiger partial charge in [-0.2, -0.15) is 0 Å². The van der Waals surface area contributed by atoms with Crippen molar-refractivity contribution < 1.29 is 23.7 Å². The Morgan fingerprint density at radius 2 is 1.86 bits per heavy atom. The number of nitrogens with one attached hydrogen (secondary N) is 1. The normalized spacial score (nSPS) is 10.4. The number of nitro benzene ring substituents is 1. The number of anilines is 1. The number of carbonyl (C=O) groups is 1. The molecule has 1 amide bonds. The van der Waals surface area contributed by atoms with Crippen LogP contribution in [0, 0.1) is 17.0 Å². The van der Waals surface area contributed by atoms with Gasteiger partial charge in [-0.3, -0.25) is 14.9 Å². The van der Waals surface area contributed by atoms with E-state index in [2.05, 4.69) is 10.5 Å². The molecule has 2 aromatic carbocycles. The first kappa shape index (κ1) is 18.9. The highest BCUT2D eigenvalue weighted by Crippen LogP contribution is 2.32. The molecule has 3 rings (SSSR count). The largest absolute Gasteiger partial charge is 0.493 e. The minimum Gasteiger partial charge on any atom is -0.493 e. The summed E-state index contributed by atoms with van der Waals surface area (Å²) in [4.78, 5) is 22.9. The quantitative estimate of drug-likeness (QED) is 0.508. The fourth-order valence-corrected chi connectivity index (χ4v) is 2.59. The number of carbonyl (C=O) groups excluding carboxylic acids is 1. The van der Waals surface area contributed by atoms with Crippen molar-refractivity contribution >= 4 is 17.3 Å². The Labute approximate surface area is 160 Å². The third-order valence-electron chi connectivity index (χ3n) is 4.07. The van der Waals surface area contributed by atoms with Gasteiger partial charge in [0.05, 0.1) is 19.1 Å². The van der Waals surface area contributed by atoms with Crippen molar-refractivity contribution in [3.8, 4) is 22.8 Å². The smallest absolute Gasteiger partial charge is 0.277 e. The molecule has 1 N–H and O–H groups in total. The van der Waals surface area contributed by atoms with Gasteiger partial charge >= 0.3 is 0 Å². The summed E-state index contributed by atoms with van der Waals surface area (Å²) in [5, 5.41) is 17.4. The van der Waals surface area contributed by atoms with E-state index < -0.39 is 10.8 Å². The van der Waals surface area contributed by atoms with Crippen LogP contribution in [-0.4, -0.2) is 30.2 Å². The number of rotatable bonds is 6. The lowest BCUT2D eigenvalue weighted by molar-refractivity contribution is -0.385. The van der Waals surface area contributed by atoms with Gasteiger partial charge in [-0.15, -0.1) is 0 Å². The second-order valence-electron chi connectivity index (χ2n) is 5.86. The van der Waals surface area contributed by atoms with Crippen LogP contribution in [0.15, 0.2) is 47.0 Å². The van der Waals surface area contributed by atoms with Gasteiger partial charge in [0.1, 0.15) is 0 Å². The number of ether oxygens (including phenoxy) is 2. The maximum absolute atomic E-state index is 12.4. The number of nitrogens with zero attached hydrogens (tertiary/aromatic N) is 2. The summed E-state index contributed by atoms with van der Waals surface area (Å²) in [5.74, 6) is 0.883. The highest BCUT2D eigenvalue weighted by molar-refractivity contribution is 6.03. The van der Waals surface area contributed by atoms with E-state index in [1.54, 1.807) is 37.3 Å². The molecule has 144 valence electrons. The fourth-order valence-electron chi connectivity index (χ4n) is 2.59. The van der Waals surface area contributed by atoms with E-state index in [1.807, 2.05) is 0 Å². The Hall–Kier alpha value is -3.88. The summed E-state index contributed by atoms with van der Waals surface area (Å²) in [5.41, 5.74) is 1.39. The molecule has 0 saturated heterocycles. The van der Waals surface area contributed by atoms with E-state index in [1.165, 1.54) is 26.4 Å². The summed E-state index contributed by atoms with van der Waals surface area (Å²) < 4.78 is 15.7. The van der Waals surface area contributed by atoms with Crippen LogP contribution in [0.2, 0.25) is 0 Å². The van der Waals surface area contributed by atoms with E-state index in [9.17, 15) is 14.9 Å². The Balaban J connectivity index is 1.81. The number of hydrogen-bond acceptors (Lipinski definition) is 7. The Morgan fingerprint density at radius 3 is 2.54 bits per heavy atom. The van der Waals surface area contributed by atoms with E-state index in [0.29, 0.717) is 28.4 Å². The molecule has 1 heterocycles.